The van der Waals surface area contributed by atoms with E-state index in [0.29, 0.717) is 0 Å². The molecule has 0 aliphatic rings. The van der Waals surface area contributed by atoms with Crippen LogP contribution in [-0.2, 0) is 9.53 Å². The first kappa shape index (κ1) is 11.4. The van der Waals surface area contributed by atoms with Crippen molar-refractivity contribution in [2.24, 2.45) is 0 Å². The zero-order chi connectivity index (χ0) is 11.4. The molecular weight excluding hydrogens is 202 g/mol. The summed E-state index contributed by atoms with van der Waals surface area (Å²) in [5.74, 6) is -2.19. The highest BCUT2D eigenvalue weighted by Crippen LogP contribution is 2.17. The molecule has 0 heterocycles. The molecule has 0 spiro atoms. The fourth-order valence-electron chi connectivity index (χ4n) is 1.06. The van der Waals surface area contributed by atoms with E-state index in [4.69, 9.17) is 0 Å². The van der Waals surface area contributed by atoms with Crippen LogP contribution in [-0.4, -0.2) is 12.6 Å². The minimum Gasteiger partial charge on any atom is -0.462 e. The van der Waals surface area contributed by atoms with Crippen LogP contribution < -0.4 is 0 Å². The van der Waals surface area contributed by atoms with E-state index in [-0.39, 0.29) is 17.7 Å². The van der Waals surface area contributed by atoms with Crippen LogP contribution in [0.5, 0.6) is 0 Å². The summed E-state index contributed by atoms with van der Waals surface area (Å²) in [6, 6.07) is 2.78. The number of carbonyl (C=O) groups is 1. The molecule has 4 heteroatoms. The summed E-state index contributed by atoms with van der Waals surface area (Å²) in [5.41, 5.74) is 0.0289. The van der Waals surface area contributed by atoms with Gasteiger partial charge >= 0.3 is 5.97 Å². The maximum absolute atomic E-state index is 12.8. The number of carbonyl (C=O) groups excluding carboxylic acids is 1. The summed E-state index contributed by atoms with van der Waals surface area (Å²) in [4.78, 5) is 11.2. The first-order valence-electron chi connectivity index (χ1n) is 4.37. The van der Waals surface area contributed by atoms with Gasteiger partial charge in [-0.2, -0.15) is 0 Å². The van der Waals surface area contributed by atoms with Gasteiger partial charge in [-0.3, -0.25) is 0 Å². The summed E-state index contributed by atoms with van der Waals surface area (Å²) in [6.45, 7) is 5.24. The molecule has 0 radical (unpaired) electrons. The highest BCUT2D eigenvalue weighted by atomic mass is 19.1. The van der Waals surface area contributed by atoms with Crippen molar-refractivity contribution < 1.29 is 18.3 Å². The van der Waals surface area contributed by atoms with Crippen LogP contribution in [0.1, 0.15) is 12.5 Å². The Morgan fingerprint density at radius 3 is 2.33 bits per heavy atom. The van der Waals surface area contributed by atoms with E-state index in [0.717, 1.165) is 18.2 Å². The molecule has 0 aliphatic heterocycles. The van der Waals surface area contributed by atoms with Gasteiger partial charge in [-0.25, -0.2) is 13.6 Å². The standard InChI is InChI=1S/C11H10F2O2/c1-3-15-11(14)7(2)8-4-9(12)6-10(13)5-8/h4-6H,2-3H2,1H3. The average Bonchev–Trinajstić information content (AvgIpc) is 2.15. The minimum atomic E-state index is -0.754. The number of hydrogen-bond donors (Lipinski definition) is 0. The molecule has 1 aromatic carbocycles. The lowest BCUT2D eigenvalue weighted by Crippen LogP contribution is -2.06. The van der Waals surface area contributed by atoms with Gasteiger partial charge in [0.1, 0.15) is 11.6 Å². The average molecular weight is 212 g/mol. The van der Waals surface area contributed by atoms with Crippen molar-refractivity contribution in [3.05, 3.63) is 42.0 Å². The Labute approximate surface area is 86.2 Å². The van der Waals surface area contributed by atoms with Crippen LogP contribution in [0.3, 0.4) is 0 Å². The van der Waals surface area contributed by atoms with Gasteiger partial charge in [0, 0.05) is 6.07 Å². The Balaban J connectivity index is 2.96. The Bertz CT molecular complexity index is 379. The van der Waals surface area contributed by atoms with Crippen molar-refractivity contribution >= 4 is 11.5 Å². The summed E-state index contributed by atoms with van der Waals surface area (Å²) in [7, 11) is 0. The molecular formula is C11H10F2O2. The molecule has 0 fully saturated rings. The number of benzene rings is 1. The molecule has 0 bridgehead atoms. The molecule has 15 heavy (non-hydrogen) atoms. The highest BCUT2D eigenvalue weighted by molar-refractivity contribution is 6.15. The molecule has 1 aromatic rings. The molecule has 0 N–H and O–H groups in total. The Morgan fingerprint density at radius 1 is 1.33 bits per heavy atom. The van der Waals surface area contributed by atoms with E-state index >= 15 is 0 Å². The largest absolute Gasteiger partial charge is 0.462 e. The zero-order valence-corrected chi connectivity index (χ0v) is 8.22. The van der Waals surface area contributed by atoms with Gasteiger partial charge < -0.3 is 4.74 Å². The summed E-state index contributed by atoms with van der Waals surface area (Å²) in [6.07, 6.45) is 0. The molecule has 0 saturated heterocycles. The van der Waals surface area contributed by atoms with Crippen LogP contribution in [0.2, 0.25) is 0 Å². The van der Waals surface area contributed by atoms with Crippen LogP contribution >= 0.6 is 0 Å². The normalized spacial score (nSPS) is 9.80. The van der Waals surface area contributed by atoms with E-state index in [1.807, 2.05) is 0 Å². The number of hydrogen-bond acceptors (Lipinski definition) is 2. The maximum Gasteiger partial charge on any atom is 0.338 e. The quantitative estimate of drug-likeness (QED) is 0.568. The third-order valence-electron chi connectivity index (χ3n) is 1.73. The van der Waals surface area contributed by atoms with Gasteiger partial charge in [-0.05, 0) is 24.6 Å². The summed E-state index contributed by atoms with van der Waals surface area (Å²) in [5, 5.41) is 0. The van der Waals surface area contributed by atoms with Crippen molar-refractivity contribution in [1.29, 1.82) is 0 Å². The summed E-state index contributed by atoms with van der Waals surface area (Å²) >= 11 is 0. The van der Waals surface area contributed by atoms with E-state index in [1.165, 1.54) is 0 Å². The van der Waals surface area contributed by atoms with E-state index in [9.17, 15) is 13.6 Å². The van der Waals surface area contributed by atoms with Gasteiger partial charge in [-0.1, -0.05) is 6.58 Å². The first-order valence-corrected chi connectivity index (χ1v) is 4.37. The predicted molar refractivity (Wildman–Crippen MR) is 52.0 cm³/mol. The maximum atomic E-state index is 12.8. The molecule has 0 unspecified atom stereocenters. The number of ether oxygens (including phenoxy) is 1. The van der Waals surface area contributed by atoms with E-state index in [2.05, 4.69) is 11.3 Å². The topological polar surface area (TPSA) is 26.3 Å². The minimum absolute atomic E-state index is 0.0600. The SMILES string of the molecule is C=C(C(=O)OCC)c1cc(F)cc(F)c1. The second kappa shape index (κ2) is 4.68. The third-order valence-corrected chi connectivity index (χ3v) is 1.73. The Hall–Kier alpha value is -1.71. The monoisotopic (exact) mass is 212 g/mol. The van der Waals surface area contributed by atoms with Crippen LogP contribution in [0.4, 0.5) is 8.78 Å². The molecule has 0 saturated carbocycles. The Kier molecular flexibility index (Phi) is 3.55. The number of halogens is 2. The van der Waals surface area contributed by atoms with Crippen molar-refractivity contribution in [2.45, 2.75) is 6.92 Å². The fourth-order valence-corrected chi connectivity index (χ4v) is 1.06. The number of esters is 1. The van der Waals surface area contributed by atoms with Gasteiger partial charge in [0.05, 0.1) is 12.2 Å². The van der Waals surface area contributed by atoms with Crippen molar-refractivity contribution in [3.8, 4) is 0 Å². The smallest absolute Gasteiger partial charge is 0.338 e. The molecule has 0 amide bonds. The van der Waals surface area contributed by atoms with Crippen molar-refractivity contribution in [3.63, 3.8) is 0 Å². The number of rotatable bonds is 3. The zero-order valence-electron chi connectivity index (χ0n) is 8.22. The molecule has 2 nitrogen and oxygen atoms in total. The van der Waals surface area contributed by atoms with Gasteiger partial charge in [-0.15, -0.1) is 0 Å². The van der Waals surface area contributed by atoms with Crippen LogP contribution in [0.15, 0.2) is 24.8 Å². The van der Waals surface area contributed by atoms with Gasteiger partial charge in [0.2, 0.25) is 0 Å². The van der Waals surface area contributed by atoms with Gasteiger partial charge in [0.15, 0.2) is 0 Å². The van der Waals surface area contributed by atoms with E-state index < -0.39 is 17.6 Å². The molecule has 0 atom stereocenters. The second-order valence-electron chi connectivity index (χ2n) is 2.86. The lowest BCUT2D eigenvalue weighted by atomic mass is 10.1. The van der Waals surface area contributed by atoms with Crippen LogP contribution in [0.25, 0.3) is 5.57 Å². The first-order chi connectivity index (χ1) is 7.04. The van der Waals surface area contributed by atoms with Gasteiger partial charge in [0.25, 0.3) is 0 Å². The van der Waals surface area contributed by atoms with Crippen molar-refractivity contribution in [2.75, 3.05) is 6.61 Å². The van der Waals surface area contributed by atoms with E-state index in [1.54, 1.807) is 6.92 Å². The van der Waals surface area contributed by atoms with Crippen molar-refractivity contribution in [1.82, 2.24) is 0 Å². The lowest BCUT2D eigenvalue weighted by molar-refractivity contribution is -0.136. The van der Waals surface area contributed by atoms with Crippen LogP contribution in [0, 0.1) is 11.6 Å². The molecule has 1 rings (SSSR count). The fraction of sp³-hybridized carbons (Fsp3) is 0.182. The predicted octanol–water partition coefficient (Wildman–Crippen LogP) is 2.54. The molecule has 80 valence electrons. The summed E-state index contributed by atoms with van der Waals surface area (Å²) < 4.78 is 30.3. The Morgan fingerprint density at radius 2 is 1.87 bits per heavy atom. The highest BCUT2D eigenvalue weighted by Gasteiger charge is 2.12. The third kappa shape index (κ3) is 2.87. The lowest BCUT2D eigenvalue weighted by Gasteiger charge is -2.05. The molecule has 0 aromatic heterocycles. The second-order valence-corrected chi connectivity index (χ2v) is 2.86. The molecule has 0 aliphatic carbocycles.